The highest BCUT2D eigenvalue weighted by atomic mass is 31.2. The molecule has 0 aromatic heterocycles. The van der Waals surface area contributed by atoms with Crippen molar-refractivity contribution < 1.29 is 75.8 Å². The average Bonchev–Trinajstić information content (AvgIpc) is 2.24. The van der Waals surface area contributed by atoms with Crippen molar-refractivity contribution in [1.29, 1.82) is 0 Å². The zero-order valence-electron chi connectivity index (χ0n) is 59.8. The standard InChI is InChI=1S/C77H136O16P2/c1-4-7-10-13-16-19-22-25-28-30-32-33-34-35-36-37-39-41-43-45-48-51-54-57-60-63-75(80)87-66-72(78)67-89-94(83,84)90-68-73(79)69-91-95(85,86)92-71-74(93-77(82)65-62-59-56-53-50-47-42-27-24-21-18-15-12-9-6-3)70-88-76(81)64-61-58-55-52-49-46-44-40-38-31-29-26-23-20-17-14-11-8-5-2/h16-17,19-20,25-29,32-33,35-36,38,40,42,72-74,78-79H,4-15,18,21-24,30-31,34,37,39,41,43-71H2,1-3H3,(H,83,84)(H,85,86)/b19-16-,20-17-,28-25-,29-26-,33-32-,36-35-,40-38-,42-27-. The Balaban J connectivity index is 4.60. The first-order valence-corrected chi connectivity index (χ1v) is 40.5. The highest BCUT2D eigenvalue weighted by Crippen LogP contribution is 2.45. The molecule has 0 amide bonds. The number of ether oxygens (including phenoxy) is 3. The normalized spacial score (nSPS) is 14.6. The molecule has 0 saturated carbocycles. The van der Waals surface area contributed by atoms with Gasteiger partial charge in [0.1, 0.15) is 25.4 Å². The van der Waals surface area contributed by atoms with Gasteiger partial charge in [-0.1, -0.05) is 266 Å². The third-order valence-corrected chi connectivity index (χ3v) is 17.7. The molecule has 5 unspecified atom stereocenters. The van der Waals surface area contributed by atoms with Crippen LogP contribution in [0.5, 0.6) is 0 Å². The van der Waals surface area contributed by atoms with E-state index in [0.29, 0.717) is 19.3 Å². The molecular formula is C77H136O16P2. The van der Waals surface area contributed by atoms with E-state index in [0.717, 1.165) is 148 Å². The number of hydrogen-bond donors (Lipinski definition) is 4. The second-order valence-corrected chi connectivity index (χ2v) is 28.0. The lowest BCUT2D eigenvalue weighted by Gasteiger charge is -2.21. The number of esters is 3. The SMILES string of the molecule is CCCCC/C=C\C/C=C\C/C=C\C/C=C\CCCCCCCCCCCC(=O)OCC(O)COP(=O)(O)OCC(O)COP(=O)(O)OCC(COC(=O)CCCCCCCC/C=C\C/C=C\C/C=C\CCCCC)OC(=O)CCCCCCC/C=C\CCCCCCCC. The second-order valence-electron chi connectivity index (χ2n) is 25.1. The number of aliphatic hydroxyl groups excluding tert-OH is 2. The van der Waals surface area contributed by atoms with Crippen molar-refractivity contribution in [3.63, 3.8) is 0 Å². The number of hydrogen-bond acceptors (Lipinski definition) is 14. The molecule has 4 N–H and O–H groups in total. The highest BCUT2D eigenvalue weighted by Gasteiger charge is 2.29. The van der Waals surface area contributed by atoms with Gasteiger partial charge in [-0.05, 0) is 128 Å². The quantitative estimate of drug-likeness (QED) is 0.0146. The molecule has 5 atom stereocenters. The fourth-order valence-corrected chi connectivity index (χ4v) is 11.6. The maximum Gasteiger partial charge on any atom is 0.472 e. The lowest BCUT2D eigenvalue weighted by atomic mass is 10.1. The van der Waals surface area contributed by atoms with Crippen LogP contribution in [0.15, 0.2) is 97.2 Å². The minimum Gasteiger partial charge on any atom is -0.463 e. The maximum atomic E-state index is 12.9. The van der Waals surface area contributed by atoms with Gasteiger partial charge in [0, 0.05) is 19.3 Å². The predicted molar refractivity (Wildman–Crippen MR) is 390 cm³/mol. The van der Waals surface area contributed by atoms with Crippen molar-refractivity contribution in [2.24, 2.45) is 0 Å². The van der Waals surface area contributed by atoms with Gasteiger partial charge in [0.15, 0.2) is 6.10 Å². The van der Waals surface area contributed by atoms with Gasteiger partial charge in [0.2, 0.25) is 0 Å². The number of aliphatic hydroxyl groups is 2. The van der Waals surface area contributed by atoms with E-state index in [1.54, 1.807) is 0 Å². The van der Waals surface area contributed by atoms with E-state index in [1.807, 2.05) is 0 Å². The van der Waals surface area contributed by atoms with E-state index in [1.165, 1.54) is 109 Å². The fourth-order valence-electron chi connectivity index (χ4n) is 9.97. The van der Waals surface area contributed by atoms with E-state index < -0.39 is 91.5 Å². The summed E-state index contributed by atoms with van der Waals surface area (Å²) in [6.45, 7) is 2.61. The number of phosphoric ester groups is 2. The van der Waals surface area contributed by atoms with Crippen molar-refractivity contribution >= 4 is 33.6 Å². The summed E-state index contributed by atoms with van der Waals surface area (Å²) in [5.74, 6) is -1.60. The average molecular weight is 1380 g/mol. The smallest absolute Gasteiger partial charge is 0.463 e. The van der Waals surface area contributed by atoms with Crippen LogP contribution in [-0.2, 0) is 55.8 Å². The summed E-state index contributed by atoms with van der Waals surface area (Å²) in [4.78, 5) is 58.5. The third-order valence-electron chi connectivity index (χ3n) is 15.8. The first-order chi connectivity index (χ1) is 46.2. The Bertz CT molecular complexity index is 2120. The van der Waals surface area contributed by atoms with Gasteiger partial charge in [-0.2, -0.15) is 0 Å². The van der Waals surface area contributed by atoms with Gasteiger partial charge in [-0.3, -0.25) is 32.5 Å². The number of carbonyl (C=O) groups is 3. The molecule has 18 heteroatoms. The Hall–Kier alpha value is -3.53. The second kappa shape index (κ2) is 70.3. The van der Waals surface area contributed by atoms with Crippen LogP contribution in [-0.4, -0.2) is 95.9 Å². The van der Waals surface area contributed by atoms with E-state index in [4.69, 9.17) is 32.3 Å². The van der Waals surface area contributed by atoms with Gasteiger partial charge >= 0.3 is 33.6 Å². The molecule has 0 bridgehead atoms. The van der Waals surface area contributed by atoms with Crippen LogP contribution < -0.4 is 0 Å². The summed E-state index contributed by atoms with van der Waals surface area (Å²) in [5.41, 5.74) is 0. The summed E-state index contributed by atoms with van der Waals surface area (Å²) >= 11 is 0. The lowest BCUT2D eigenvalue weighted by molar-refractivity contribution is -0.161. The predicted octanol–water partition coefficient (Wildman–Crippen LogP) is 21.4. The number of phosphoric acid groups is 2. The van der Waals surface area contributed by atoms with Crippen LogP contribution in [0, 0.1) is 0 Å². The van der Waals surface area contributed by atoms with E-state index in [9.17, 15) is 43.5 Å². The van der Waals surface area contributed by atoms with Crippen molar-refractivity contribution in [3.8, 4) is 0 Å². The monoisotopic (exact) mass is 1380 g/mol. The molecule has 0 aliphatic heterocycles. The van der Waals surface area contributed by atoms with E-state index in [-0.39, 0.29) is 19.3 Å². The molecule has 0 aromatic rings. The molecule has 95 heavy (non-hydrogen) atoms. The minimum absolute atomic E-state index is 0.0918. The molecular weight excluding hydrogens is 1240 g/mol. The van der Waals surface area contributed by atoms with Crippen LogP contribution >= 0.6 is 15.6 Å². The number of rotatable bonds is 71. The van der Waals surface area contributed by atoms with Crippen molar-refractivity contribution in [3.05, 3.63) is 97.2 Å². The van der Waals surface area contributed by atoms with Gasteiger partial charge in [-0.15, -0.1) is 0 Å². The molecule has 0 spiro atoms. The van der Waals surface area contributed by atoms with Gasteiger partial charge in [0.05, 0.1) is 26.4 Å². The van der Waals surface area contributed by atoms with Crippen LogP contribution in [0.1, 0.15) is 316 Å². The lowest BCUT2D eigenvalue weighted by Crippen LogP contribution is -2.30. The Morgan fingerprint density at radius 1 is 0.295 bits per heavy atom. The van der Waals surface area contributed by atoms with E-state index >= 15 is 0 Å². The first-order valence-electron chi connectivity index (χ1n) is 37.5. The molecule has 0 fully saturated rings. The van der Waals surface area contributed by atoms with Crippen molar-refractivity contribution in [2.75, 3.05) is 39.6 Å². The molecule has 0 aliphatic rings. The van der Waals surface area contributed by atoms with Gasteiger partial charge in [-0.25, -0.2) is 9.13 Å². The topological polar surface area (TPSA) is 231 Å². The van der Waals surface area contributed by atoms with Crippen LogP contribution in [0.2, 0.25) is 0 Å². The largest absolute Gasteiger partial charge is 0.472 e. The molecule has 0 radical (unpaired) electrons. The number of unbranched alkanes of at least 4 members (excludes halogenated alkanes) is 32. The van der Waals surface area contributed by atoms with Gasteiger partial charge in [0.25, 0.3) is 0 Å². The van der Waals surface area contributed by atoms with Crippen LogP contribution in [0.4, 0.5) is 0 Å². The minimum atomic E-state index is -4.93. The first kappa shape index (κ1) is 91.5. The number of carbonyl (C=O) groups excluding carboxylic acids is 3. The summed E-state index contributed by atoms with van der Waals surface area (Å²) in [6, 6.07) is 0. The zero-order chi connectivity index (χ0) is 69.5. The Morgan fingerprint density at radius 3 is 0.863 bits per heavy atom. The summed E-state index contributed by atoms with van der Waals surface area (Å²) in [7, 11) is -9.79. The fraction of sp³-hybridized carbons (Fsp3) is 0.753. The molecule has 0 saturated heterocycles. The van der Waals surface area contributed by atoms with Crippen LogP contribution in [0.25, 0.3) is 0 Å². The molecule has 550 valence electrons. The van der Waals surface area contributed by atoms with Crippen LogP contribution in [0.3, 0.4) is 0 Å². The Labute approximate surface area is 578 Å². The summed E-state index contributed by atoms with van der Waals surface area (Å²) in [6.07, 6.45) is 78.7. The summed E-state index contributed by atoms with van der Waals surface area (Å²) < 4.78 is 61.0. The third kappa shape index (κ3) is 71.6. The van der Waals surface area contributed by atoms with Crippen molar-refractivity contribution in [2.45, 2.75) is 334 Å². The summed E-state index contributed by atoms with van der Waals surface area (Å²) in [5, 5.41) is 20.6. The Morgan fingerprint density at radius 2 is 0.526 bits per heavy atom. The molecule has 0 aromatic carbocycles. The number of allylic oxidation sites excluding steroid dienone is 16. The van der Waals surface area contributed by atoms with E-state index in [2.05, 4.69) is 118 Å². The van der Waals surface area contributed by atoms with Crippen molar-refractivity contribution in [1.82, 2.24) is 0 Å². The molecule has 0 heterocycles. The van der Waals surface area contributed by atoms with Gasteiger partial charge < -0.3 is 34.2 Å². The molecule has 16 nitrogen and oxygen atoms in total. The zero-order valence-corrected chi connectivity index (χ0v) is 61.6. The maximum absolute atomic E-state index is 12.9. The Kier molecular flexibility index (Phi) is 67.7. The highest BCUT2D eigenvalue weighted by molar-refractivity contribution is 7.47. The molecule has 0 aliphatic carbocycles. The molecule has 0 rings (SSSR count).